The fourth-order valence-electron chi connectivity index (χ4n) is 2.24. The zero-order chi connectivity index (χ0) is 18.8. The monoisotopic (exact) mass is 362 g/mol. The Bertz CT molecular complexity index is 978. The van der Waals surface area contributed by atoms with Crippen LogP contribution in [0.15, 0.2) is 35.3 Å². The number of hydrogen-bond donors (Lipinski definition) is 1. The molecule has 0 aliphatic rings. The second-order valence-electron chi connectivity index (χ2n) is 5.71. The Morgan fingerprint density at radius 1 is 1.15 bits per heavy atom. The van der Waals surface area contributed by atoms with E-state index in [-0.39, 0.29) is 29.2 Å². The lowest BCUT2D eigenvalue weighted by Crippen LogP contribution is -2.13. The van der Waals surface area contributed by atoms with Crippen molar-refractivity contribution in [1.29, 1.82) is 0 Å². The van der Waals surface area contributed by atoms with Crippen molar-refractivity contribution in [3.05, 3.63) is 58.1 Å². The third-order valence-electron chi connectivity index (χ3n) is 3.36. The van der Waals surface area contributed by atoms with E-state index in [1.165, 1.54) is 23.0 Å². The van der Waals surface area contributed by atoms with Crippen LogP contribution in [0.2, 0.25) is 0 Å². The van der Waals surface area contributed by atoms with Crippen LogP contribution in [0.5, 0.6) is 17.4 Å². The summed E-state index contributed by atoms with van der Waals surface area (Å²) in [6.07, 6.45) is 1.04. The van der Waals surface area contributed by atoms with Crippen LogP contribution in [0.4, 0.5) is 8.78 Å². The normalized spacial score (nSPS) is 11.0. The van der Waals surface area contributed by atoms with Crippen LogP contribution in [0, 0.1) is 18.6 Å². The number of nitrogens with zero attached hydrogens (tertiary/aromatic N) is 3. The second kappa shape index (κ2) is 6.95. The number of aromatic nitrogens is 4. The van der Waals surface area contributed by atoms with Crippen LogP contribution < -0.4 is 15.0 Å². The van der Waals surface area contributed by atoms with Crippen molar-refractivity contribution in [2.45, 2.75) is 26.9 Å². The Labute approximate surface area is 147 Å². The molecular formula is C17H16F2N4O3. The topological polar surface area (TPSA) is 82.0 Å². The first-order valence-electron chi connectivity index (χ1n) is 7.80. The fraction of sp³-hybridized carbons (Fsp3) is 0.235. The van der Waals surface area contributed by atoms with Crippen molar-refractivity contribution in [3.8, 4) is 23.3 Å². The Hall–Kier alpha value is -3.23. The number of hydrogen-bond acceptors (Lipinski definition) is 5. The molecule has 0 bridgehead atoms. The molecule has 0 saturated carbocycles. The maximum absolute atomic E-state index is 14.0. The summed E-state index contributed by atoms with van der Waals surface area (Å²) >= 11 is 0. The number of rotatable bonds is 5. The van der Waals surface area contributed by atoms with E-state index < -0.39 is 17.4 Å². The highest BCUT2D eigenvalue weighted by atomic mass is 19.1. The molecule has 2 heterocycles. The molecule has 0 spiro atoms. The summed E-state index contributed by atoms with van der Waals surface area (Å²) in [4.78, 5) is 18.1. The van der Waals surface area contributed by atoms with Crippen LogP contribution in [0.1, 0.15) is 19.5 Å². The van der Waals surface area contributed by atoms with Gasteiger partial charge in [-0.15, -0.1) is 5.10 Å². The van der Waals surface area contributed by atoms with Gasteiger partial charge in [0.25, 0.3) is 11.4 Å². The van der Waals surface area contributed by atoms with E-state index >= 15 is 0 Å². The number of benzene rings is 1. The van der Waals surface area contributed by atoms with Crippen LogP contribution in [-0.2, 0) is 0 Å². The maximum Gasteiger partial charge on any atom is 0.277 e. The SMILES string of the molecule is Cc1c(Oc2c(F)cccc2F)c(OC(C)C)nn1-c1nccc(=O)[nH]1. The van der Waals surface area contributed by atoms with Crippen molar-refractivity contribution in [1.82, 2.24) is 19.7 Å². The van der Waals surface area contributed by atoms with Crippen molar-refractivity contribution in [2.75, 3.05) is 0 Å². The minimum atomic E-state index is -0.862. The summed E-state index contributed by atoms with van der Waals surface area (Å²) in [5.74, 6) is -2.13. The molecule has 0 fully saturated rings. The zero-order valence-corrected chi connectivity index (χ0v) is 14.3. The van der Waals surface area contributed by atoms with E-state index in [1.807, 2.05) is 0 Å². The molecule has 0 aliphatic carbocycles. The number of halogens is 2. The van der Waals surface area contributed by atoms with E-state index in [0.717, 1.165) is 12.1 Å². The number of ether oxygens (including phenoxy) is 2. The van der Waals surface area contributed by atoms with Crippen LogP contribution in [0.25, 0.3) is 5.95 Å². The highest BCUT2D eigenvalue weighted by molar-refractivity contribution is 5.44. The van der Waals surface area contributed by atoms with Crippen molar-refractivity contribution >= 4 is 0 Å². The largest absolute Gasteiger partial charge is 0.471 e. The van der Waals surface area contributed by atoms with Gasteiger partial charge in [-0.2, -0.15) is 4.68 Å². The molecule has 0 saturated heterocycles. The third kappa shape index (κ3) is 3.41. The quantitative estimate of drug-likeness (QED) is 0.754. The van der Waals surface area contributed by atoms with Crippen LogP contribution in [-0.4, -0.2) is 25.9 Å². The average molecular weight is 362 g/mol. The number of para-hydroxylation sites is 1. The molecule has 1 N–H and O–H groups in total. The summed E-state index contributed by atoms with van der Waals surface area (Å²) in [6.45, 7) is 5.14. The molecule has 3 rings (SSSR count). The molecule has 0 atom stereocenters. The highest BCUT2D eigenvalue weighted by Gasteiger charge is 2.24. The lowest BCUT2D eigenvalue weighted by Gasteiger charge is -2.11. The predicted octanol–water partition coefficient (Wildman–Crippen LogP) is 3.12. The maximum atomic E-state index is 14.0. The van der Waals surface area contributed by atoms with Gasteiger partial charge in [0.05, 0.1) is 11.8 Å². The molecule has 0 unspecified atom stereocenters. The van der Waals surface area contributed by atoms with Gasteiger partial charge >= 0.3 is 0 Å². The Morgan fingerprint density at radius 2 is 1.85 bits per heavy atom. The summed E-state index contributed by atoms with van der Waals surface area (Å²) in [5, 5.41) is 4.21. The van der Waals surface area contributed by atoms with E-state index in [1.54, 1.807) is 20.8 Å². The summed E-state index contributed by atoms with van der Waals surface area (Å²) in [7, 11) is 0. The Kier molecular flexibility index (Phi) is 4.70. The van der Waals surface area contributed by atoms with E-state index in [2.05, 4.69) is 15.1 Å². The second-order valence-corrected chi connectivity index (χ2v) is 5.71. The molecule has 2 aromatic heterocycles. The van der Waals surface area contributed by atoms with Gasteiger partial charge in [0.15, 0.2) is 17.4 Å². The zero-order valence-electron chi connectivity index (χ0n) is 14.3. The Morgan fingerprint density at radius 3 is 2.46 bits per heavy atom. The van der Waals surface area contributed by atoms with Crippen molar-refractivity contribution in [3.63, 3.8) is 0 Å². The minimum absolute atomic E-state index is 0.0201. The van der Waals surface area contributed by atoms with E-state index in [0.29, 0.717) is 5.69 Å². The van der Waals surface area contributed by atoms with E-state index in [4.69, 9.17) is 9.47 Å². The van der Waals surface area contributed by atoms with Crippen LogP contribution in [0.3, 0.4) is 0 Å². The molecule has 7 nitrogen and oxygen atoms in total. The molecule has 1 aromatic carbocycles. The highest BCUT2D eigenvalue weighted by Crippen LogP contribution is 2.37. The summed E-state index contributed by atoms with van der Waals surface area (Å²) < 4.78 is 40.2. The molecule has 136 valence electrons. The standard InChI is InChI=1S/C17H16F2N4O3/c1-9(2)25-16-14(26-15-11(18)5-4-6-12(15)19)10(3)23(22-16)17-20-8-7-13(24)21-17/h4-9H,1-3H3,(H,20,21,24). The molecule has 0 amide bonds. The fourth-order valence-corrected chi connectivity index (χ4v) is 2.24. The first-order chi connectivity index (χ1) is 12.4. The predicted molar refractivity (Wildman–Crippen MR) is 88.9 cm³/mol. The van der Waals surface area contributed by atoms with Crippen molar-refractivity contribution in [2.24, 2.45) is 0 Å². The first kappa shape index (κ1) is 17.6. The van der Waals surface area contributed by atoms with E-state index in [9.17, 15) is 13.6 Å². The summed E-state index contributed by atoms with van der Waals surface area (Å²) in [5.41, 5.74) is -0.0310. The third-order valence-corrected chi connectivity index (χ3v) is 3.36. The molecular weight excluding hydrogens is 346 g/mol. The van der Waals surface area contributed by atoms with Gasteiger partial charge in [0, 0.05) is 12.3 Å². The molecule has 3 aromatic rings. The average Bonchev–Trinajstić information content (AvgIpc) is 2.86. The number of nitrogens with one attached hydrogen (secondary N) is 1. The number of H-pyrrole nitrogens is 1. The van der Waals surface area contributed by atoms with Gasteiger partial charge in [0.2, 0.25) is 11.7 Å². The van der Waals surface area contributed by atoms with Gasteiger partial charge in [-0.3, -0.25) is 9.78 Å². The van der Waals surface area contributed by atoms with Gasteiger partial charge in [-0.05, 0) is 32.9 Å². The van der Waals surface area contributed by atoms with Gasteiger partial charge in [-0.25, -0.2) is 13.8 Å². The van der Waals surface area contributed by atoms with Gasteiger partial charge < -0.3 is 9.47 Å². The minimum Gasteiger partial charge on any atom is -0.471 e. The van der Waals surface area contributed by atoms with Gasteiger partial charge in [-0.1, -0.05) is 6.07 Å². The molecule has 9 heteroatoms. The number of aromatic amines is 1. The van der Waals surface area contributed by atoms with Crippen LogP contribution >= 0.6 is 0 Å². The first-order valence-corrected chi connectivity index (χ1v) is 7.80. The molecule has 0 radical (unpaired) electrons. The molecule has 26 heavy (non-hydrogen) atoms. The lowest BCUT2D eigenvalue weighted by atomic mass is 10.3. The van der Waals surface area contributed by atoms with Gasteiger partial charge in [0.1, 0.15) is 0 Å². The molecule has 0 aliphatic heterocycles. The summed E-state index contributed by atoms with van der Waals surface area (Å²) in [6, 6.07) is 4.65. The lowest BCUT2D eigenvalue weighted by molar-refractivity contribution is 0.222. The smallest absolute Gasteiger partial charge is 0.277 e. The van der Waals surface area contributed by atoms with Crippen molar-refractivity contribution < 1.29 is 18.3 Å². The Balaban J connectivity index is 2.12.